The van der Waals surface area contributed by atoms with Crippen molar-refractivity contribution in [3.05, 3.63) is 47.7 Å². The second kappa shape index (κ2) is 7.94. The molecule has 0 saturated carbocycles. The van der Waals surface area contributed by atoms with Gasteiger partial charge in [-0.1, -0.05) is 6.07 Å². The molecular formula is C20H22FN7O. The Hall–Kier alpha value is -3.36. The molecule has 9 heteroatoms. The van der Waals surface area contributed by atoms with Gasteiger partial charge in [0, 0.05) is 44.2 Å². The molecule has 29 heavy (non-hydrogen) atoms. The van der Waals surface area contributed by atoms with Gasteiger partial charge >= 0.3 is 0 Å². The van der Waals surface area contributed by atoms with Crippen molar-refractivity contribution in [2.75, 3.05) is 30.0 Å². The molecule has 3 heterocycles. The number of fused-ring (bicyclic) bond motifs is 1. The third-order valence-electron chi connectivity index (χ3n) is 5.53. The highest BCUT2D eigenvalue weighted by atomic mass is 19.1. The molecule has 2 unspecified atom stereocenters. The van der Waals surface area contributed by atoms with Crippen LogP contribution >= 0.6 is 0 Å². The maximum Gasteiger partial charge on any atom is 0.259 e. The Morgan fingerprint density at radius 1 is 1.34 bits per heavy atom. The van der Waals surface area contributed by atoms with E-state index in [1.165, 1.54) is 18.3 Å². The SMILES string of the molecule is Cc1nccnc1N1CC2CCN(C(=O)c3c(F)cccc3N/N=C\C=N)CC21. The summed E-state index contributed by atoms with van der Waals surface area (Å²) in [5.74, 6) is 0.382. The van der Waals surface area contributed by atoms with E-state index >= 15 is 0 Å². The molecule has 2 saturated heterocycles. The van der Waals surface area contributed by atoms with Crippen LogP contribution in [0.4, 0.5) is 15.9 Å². The van der Waals surface area contributed by atoms with Crippen molar-refractivity contribution in [3.63, 3.8) is 0 Å². The number of benzene rings is 1. The number of nitrogens with one attached hydrogen (secondary N) is 2. The lowest BCUT2D eigenvalue weighted by Gasteiger charge is -2.54. The van der Waals surface area contributed by atoms with E-state index in [0.717, 1.165) is 30.7 Å². The van der Waals surface area contributed by atoms with Crippen LogP contribution in [0.2, 0.25) is 0 Å². The number of aromatic nitrogens is 2. The van der Waals surface area contributed by atoms with E-state index in [1.54, 1.807) is 23.4 Å². The summed E-state index contributed by atoms with van der Waals surface area (Å²) in [6.07, 6.45) is 6.43. The lowest BCUT2D eigenvalue weighted by Crippen LogP contribution is -2.65. The van der Waals surface area contributed by atoms with Crippen molar-refractivity contribution in [3.8, 4) is 0 Å². The molecule has 2 atom stereocenters. The van der Waals surface area contributed by atoms with Crippen LogP contribution < -0.4 is 10.3 Å². The molecule has 0 bridgehead atoms. The predicted octanol–water partition coefficient (Wildman–Crippen LogP) is 2.32. The van der Waals surface area contributed by atoms with Crippen LogP contribution in [0.3, 0.4) is 0 Å². The molecular weight excluding hydrogens is 373 g/mol. The van der Waals surface area contributed by atoms with Crippen LogP contribution in [0, 0.1) is 24.1 Å². The van der Waals surface area contributed by atoms with Gasteiger partial charge in [0.2, 0.25) is 0 Å². The molecule has 2 aliphatic rings. The molecule has 0 radical (unpaired) electrons. The second-order valence-corrected chi connectivity index (χ2v) is 7.20. The Balaban J connectivity index is 1.54. The van der Waals surface area contributed by atoms with Crippen molar-refractivity contribution in [1.29, 1.82) is 5.41 Å². The Morgan fingerprint density at radius 3 is 2.97 bits per heavy atom. The molecule has 2 N–H and O–H groups in total. The topological polar surface area (TPSA) is 97.6 Å². The number of piperidine rings is 1. The monoisotopic (exact) mass is 395 g/mol. The summed E-state index contributed by atoms with van der Waals surface area (Å²) < 4.78 is 14.5. The number of hydrogen-bond acceptors (Lipinski definition) is 7. The first-order chi connectivity index (χ1) is 14.1. The summed E-state index contributed by atoms with van der Waals surface area (Å²) in [6.45, 7) is 3.92. The first kappa shape index (κ1) is 19.0. The number of hydrogen-bond donors (Lipinski definition) is 2. The van der Waals surface area contributed by atoms with Crippen molar-refractivity contribution < 1.29 is 9.18 Å². The van der Waals surface area contributed by atoms with Crippen LogP contribution in [0.25, 0.3) is 0 Å². The van der Waals surface area contributed by atoms with Gasteiger partial charge in [-0.05, 0) is 25.5 Å². The minimum absolute atomic E-state index is 0.0327. The Labute approximate surface area is 168 Å². The van der Waals surface area contributed by atoms with Crippen LogP contribution in [-0.2, 0) is 0 Å². The maximum absolute atomic E-state index is 14.5. The molecule has 2 aromatic rings. The van der Waals surface area contributed by atoms with Gasteiger partial charge in [0.25, 0.3) is 5.91 Å². The quantitative estimate of drug-likeness (QED) is 0.598. The zero-order valence-corrected chi connectivity index (χ0v) is 16.0. The van der Waals surface area contributed by atoms with E-state index in [4.69, 9.17) is 5.41 Å². The zero-order valence-electron chi connectivity index (χ0n) is 16.0. The van der Waals surface area contributed by atoms with E-state index < -0.39 is 5.82 Å². The highest BCUT2D eigenvalue weighted by molar-refractivity contribution is 6.14. The Morgan fingerprint density at radius 2 is 2.17 bits per heavy atom. The van der Waals surface area contributed by atoms with Crippen molar-refractivity contribution >= 4 is 29.8 Å². The molecule has 1 amide bonds. The minimum atomic E-state index is -0.595. The summed E-state index contributed by atoms with van der Waals surface area (Å²) >= 11 is 0. The van der Waals surface area contributed by atoms with Gasteiger partial charge in [-0.2, -0.15) is 5.10 Å². The first-order valence-electron chi connectivity index (χ1n) is 9.50. The number of anilines is 2. The van der Waals surface area contributed by atoms with Crippen LogP contribution in [0.15, 0.2) is 35.7 Å². The third-order valence-corrected chi connectivity index (χ3v) is 5.53. The van der Waals surface area contributed by atoms with Crippen molar-refractivity contribution in [2.45, 2.75) is 19.4 Å². The fourth-order valence-corrected chi connectivity index (χ4v) is 4.04. The van der Waals surface area contributed by atoms with Gasteiger partial charge in [-0.15, -0.1) is 0 Å². The second-order valence-electron chi connectivity index (χ2n) is 7.20. The van der Waals surface area contributed by atoms with Gasteiger partial charge in [0.1, 0.15) is 17.2 Å². The van der Waals surface area contributed by atoms with Crippen LogP contribution in [-0.4, -0.2) is 58.9 Å². The van der Waals surface area contributed by atoms with E-state index in [0.29, 0.717) is 19.0 Å². The Bertz CT molecular complexity index is 964. The maximum atomic E-state index is 14.5. The number of nitrogens with zero attached hydrogens (tertiary/aromatic N) is 5. The molecule has 0 aliphatic carbocycles. The highest BCUT2D eigenvalue weighted by Gasteiger charge is 2.45. The number of halogens is 1. The molecule has 8 nitrogen and oxygen atoms in total. The summed E-state index contributed by atoms with van der Waals surface area (Å²) in [6, 6.07) is 4.54. The molecule has 1 aromatic carbocycles. The first-order valence-corrected chi connectivity index (χ1v) is 9.50. The molecule has 150 valence electrons. The molecule has 4 rings (SSSR count). The number of carbonyl (C=O) groups excluding carboxylic acids is 1. The van der Waals surface area contributed by atoms with E-state index in [-0.39, 0.29) is 23.2 Å². The lowest BCUT2D eigenvalue weighted by molar-refractivity contribution is 0.0587. The average Bonchev–Trinajstić information content (AvgIpc) is 2.70. The molecule has 2 aliphatic heterocycles. The summed E-state index contributed by atoms with van der Waals surface area (Å²) in [4.78, 5) is 25.8. The van der Waals surface area contributed by atoms with Gasteiger partial charge in [-0.3, -0.25) is 15.2 Å². The minimum Gasteiger partial charge on any atom is -0.350 e. The lowest BCUT2D eigenvalue weighted by atomic mass is 9.82. The predicted molar refractivity (Wildman–Crippen MR) is 109 cm³/mol. The number of aryl methyl sites for hydroxylation is 1. The van der Waals surface area contributed by atoms with E-state index in [1.807, 2.05) is 6.92 Å². The van der Waals surface area contributed by atoms with Gasteiger partial charge in [0.05, 0.1) is 23.6 Å². The van der Waals surface area contributed by atoms with Gasteiger partial charge in [0.15, 0.2) is 0 Å². The summed E-state index contributed by atoms with van der Waals surface area (Å²) in [7, 11) is 0. The molecule has 2 fully saturated rings. The number of hydrazone groups is 1. The van der Waals surface area contributed by atoms with Crippen molar-refractivity contribution in [1.82, 2.24) is 14.9 Å². The highest BCUT2D eigenvalue weighted by Crippen LogP contribution is 2.37. The smallest absolute Gasteiger partial charge is 0.259 e. The summed E-state index contributed by atoms with van der Waals surface area (Å²) in [5, 5.41) is 10.8. The molecule has 0 spiro atoms. The van der Waals surface area contributed by atoms with E-state index in [9.17, 15) is 9.18 Å². The van der Waals surface area contributed by atoms with Crippen LogP contribution in [0.5, 0.6) is 0 Å². The number of amides is 1. The number of rotatable bonds is 5. The van der Waals surface area contributed by atoms with Gasteiger partial charge < -0.3 is 15.2 Å². The van der Waals surface area contributed by atoms with Crippen LogP contribution in [0.1, 0.15) is 22.5 Å². The average molecular weight is 395 g/mol. The normalized spacial score (nSPS) is 20.9. The largest absolute Gasteiger partial charge is 0.350 e. The number of carbonyl (C=O) groups is 1. The van der Waals surface area contributed by atoms with Gasteiger partial charge in [-0.25, -0.2) is 9.37 Å². The standard InChI is InChI=1S/C20H22FN7O/c1-13-19(24-9-8-23-13)28-11-14-5-10-27(12-17(14)28)20(29)18-15(21)3-2-4-16(18)26-25-7-6-22/h2-4,6-9,14,17,22,26H,5,10-12H2,1H3/b22-6?,25-7-. The fourth-order valence-electron chi connectivity index (χ4n) is 4.04. The van der Waals surface area contributed by atoms with E-state index in [2.05, 4.69) is 25.4 Å². The molecule has 1 aromatic heterocycles. The Kier molecular flexibility index (Phi) is 5.20. The summed E-state index contributed by atoms with van der Waals surface area (Å²) in [5.41, 5.74) is 3.76. The van der Waals surface area contributed by atoms with Crippen molar-refractivity contribution in [2.24, 2.45) is 11.0 Å². The fraction of sp³-hybridized carbons (Fsp3) is 0.350. The third kappa shape index (κ3) is 3.55. The number of likely N-dealkylation sites (tertiary alicyclic amines) is 1. The zero-order chi connectivity index (χ0) is 20.4.